The number of nitrogens with one attached hydrogen (secondary N) is 1. The second-order valence-electron chi connectivity index (χ2n) is 5.10. The Kier molecular flexibility index (Phi) is 7.13. The number of rotatable bonds is 9. The van der Waals surface area contributed by atoms with Gasteiger partial charge in [0.05, 0.1) is 5.02 Å². The minimum atomic E-state index is 0.558. The van der Waals surface area contributed by atoms with E-state index < -0.39 is 0 Å². The molecule has 118 valence electrons. The van der Waals surface area contributed by atoms with Gasteiger partial charge in [0.15, 0.2) is 11.5 Å². The highest BCUT2D eigenvalue weighted by Crippen LogP contribution is 2.38. The first-order valence-electron chi connectivity index (χ1n) is 7.67. The van der Waals surface area contributed by atoms with Crippen LogP contribution in [0.1, 0.15) is 31.7 Å². The van der Waals surface area contributed by atoms with Crippen LogP contribution in [0.3, 0.4) is 0 Å². The third kappa shape index (κ3) is 5.38. The molecule has 2 rings (SSSR count). The summed E-state index contributed by atoms with van der Waals surface area (Å²) in [6.45, 7) is 6.69. The van der Waals surface area contributed by atoms with Gasteiger partial charge in [-0.3, -0.25) is 0 Å². The largest absolute Gasteiger partial charge is 0.486 e. The summed E-state index contributed by atoms with van der Waals surface area (Å²) in [6.07, 6.45) is 3.34. The first kappa shape index (κ1) is 16.4. The fraction of sp³-hybridized carbons (Fsp3) is 0.625. The Labute approximate surface area is 131 Å². The predicted molar refractivity (Wildman–Crippen MR) is 84.5 cm³/mol. The molecule has 0 aromatic heterocycles. The van der Waals surface area contributed by atoms with E-state index in [-0.39, 0.29) is 0 Å². The van der Waals surface area contributed by atoms with Gasteiger partial charge in [-0.1, -0.05) is 24.9 Å². The van der Waals surface area contributed by atoms with Crippen molar-refractivity contribution < 1.29 is 14.2 Å². The molecule has 0 radical (unpaired) electrons. The lowest BCUT2D eigenvalue weighted by atomic mass is 10.2. The number of halogens is 1. The van der Waals surface area contributed by atoms with E-state index in [1.54, 1.807) is 0 Å². The van der Waals surface area contributed by atoms with Gasteiger partial charge in [0.2, 0.25) is 0 Å². The zero-order valence-electron chi connectivity index (χ0n) is 12.6. The lowest BCUT2D eigenvalue weighted by Crippen LogP contribution is -2.18. The first-order valence-corrected chi connectivity index (χ1v) is 8.05. The maximum atomic E-state index is 6.21. The molecule has 1 aromatic carbocycles. The van der Waals surface area contributed by atoms with Crippen LogP contribution in [0.25, 0.3) is 0 Å². The highest BCUT2D eigenvalue weighted by atomic mass is 35.5. The van der Waals surface area contributed by atoms with Crippen LogP contribution < -0.4 is 14.8 Å². The molecule has 0 spiro atoms. The Balaban J connectivity index is 1.68. The van der Waals surface area contributed by atoms with E-state index in [4.69, 9.17) is 25.8 Å². The zero-order chi connectivity index (χ0) is 14.9. The molecule has 0 aliphatic carbocycles. The van der Waals surface area contributed by atoms with Gasteiger partial charge in [0, 0.05) is 19.8 Å². The zero-order valence-corrected chi connectivity index (χ0v) is 13.4. The van der Waals surface area contributed by atoms with Gasteiger partial charge >= 0.3 is 0 Å². The van der Waals surface area contributed by atoms with Crippen LogP contribution in [0, 0.1) is 0 Å². The molecule has 0 fully saturated rings. The molecule has 1 aliphatic heterocycles. The SMILES string of the molecule is CCCCOCCCNCc1cc(Cl)c2c(c1)OCCO2. The van der Waals surface area contributed by atoms with E-state index in [1.807, 2.05) is 12.1 Å². The summed E-state index contributed by atoms with van der Waals surface area (Å²) in [7, 11) is 0. The number of hydrogen-bond donors (Lipinski definition) is 1. The predicted octanol–water partition coefficient (Wildman–Crippen LogP) is 3.41. The van der Waals surface area contributed by atoms with Crippen molar-refractivity contribution in [1.29, 1.82) is 0 Å². The maximum Gasteiger partial charge on any atom is 0.179 e. The molecule has 1 aromatic rings. The molecule has 1 heterocycles. The number of unbranched alkanes of at least 4 members (excludes halogenated alkanes) is 1. The second kappa shape index (κ2) is 9.13. The molecule has 0 bridgehead atoms. The summed E-state index contributed by atoms with van der Waals surface area (Å²) in [5, 5.41) is 4.01. The summed E-state index contributed by atoms with van der Waals surface area (Å²) < 4.78 is 16.6. The monoisotopic (exact) mass is 313 g/mol. The summed E-state index contributed by atoms with van der Waals surface area (Å²) >= 11 is 6.21. The number of benzene rings is 1. The van der Waals surface area contributed by atoms with Crippen LogP contribution in [0.5, 0.6) is 11.5 Å². The van der Waals surface area contributed by atoms with Gasteiger partial charge in [0.25, 0.3) is 0 Å². The molecule has 0 saturated heterocycles. The summed E-state index contributed by atoms with van der Waals surface area (Å²) in [6, 6.07) is 3.92. The number of ether oxygens (including phenoxy) is 3. The van der Waals surface area contributed by atoms with Crippen LogP contribution in [0.4, 0.5) is 0 Å². The average molecular weight is 314 g/mol. The van der Waals surface area contributed by atoms with Crippen molar-refractivity contribution in [2.75, 3.05) is 33.0 Å². The highest BCUT2D eigenvalue weighted by Gasteiger charge is 2.16. The van der Waals surface area contributed by atoms with E-state index in [0.717, 1.165) is 50.5 Å². The van der Waals surface area contributed by atoms with Crippen molar-refractivity contribution in [2.24, 2.45) is 0 Å². The lowest BCUT2D eigenvalue weighted by molar-refractivity contribution is 0.128. The third-order valence-corrected chi connectivity index (χ3v) is 3.55. The first-order chi connectivity index (χ1) is 10.3. The highest BCUT2D eigenvalue weighted by molar-refractivity contribution is 6.32. The standard InChI is InChI=1S/C16H24ClNO3/c1-2-3-6-19-7-4-5-18-12-13-10-14(17)16-15(11-13)20-8-9-21-16/h10-11,18H,2-9,12H2,1H3. The normalized spacial score (nSPS) is 13.4. The van der Waals surface area contributed by atoms with Gasteiger partial charge in [0.1, 0.15) is 13.2 Å². The molecule has 0 unspecified atom stereocenters. The van der Waals surface area contributed by atoms with E-state index in [9.17, 15) is 0 Å². The molecular weight excluding hydrogens is 290 g/mol. The van der Waals surface area contributed by atoms with E-state index in [1.165, 1.54) is 6.42 Å². The minimum absolute atomic E-state index is 0.558. The molecule has 5 heteroatoms. The lowest BCUT2D eigenvalue weighted by Gasteiger charge is -2.20. The van der Waals surface area contributed by atoms with Gasteiger partial charge in [-0.15, -0.1) is 0 Å². The van der Waals surface area contributed by atoms with Crippen LogP contribution in [0.15, 0.2) is 12.1 Å². The molecule has 0 amide bonds. The molecule has 1 N–H and O–H groups in total. The molecule has 0 atom stereocenters. The molecule has 1 aliphatic rings. The number of hydrogen-bond acceptors (Lipinski definition) is 4. The van der Waals surface area contributed by atoms with Crippen molar-refractivity contribution >= 4 is 11.6 Å². The smallest absolute Gasteiger partial charge is 0.179 e. The van der Waals surface area contributed by atoms with Crippen LogP contribution >= 0.6 is 11.6 Å². The maximum absolute atomic E-state index is 6.21. The Bertz CT molecular complexity index is 440. The van der Waals surface area contributed by atoms with Crippen molar-refractivity contribution in [3.63, 3.8) is 0 Å². The Morgan fingerprint density at radius 3 is 2.86 bits per heavy atom. The Morgan fingerprint density at radius 1 is 1.19 bits per heavy atom. The molecule has 0 saturated carbocycles. The number of fused-ring (bicyclic) bond motifs is 1. The van der Waals surface area contributed by atoms with Crippen molar-refractivity contribution in [3.05, 3.63) is 22.7 Å². The quantitative estimate of drug-likeness (QED) is 0.709. The van der Waals surface area contributed by atoms with E-state index in [2.05, 4.69) is 12.2 Å². The van der Waals surface area contributed by atoms with Crippen LogP contribution in [0.2, 0.25) is 5.02 Å². The van der Waals surface area contributed by atoms with E-state index >= 15 is 0 Å². The second-order valence-corrected chi connectivity index (χ2v) is 5.51. The van der Waals surface area contributed by atoms with Crippen LogP contribution in [-0.4, -0.2) is 33.0 Å². The van der Waals surface area contributed by atoms with E-state index in [0.29, 0.717) is 24.0 Å². The topological polar surface area (TPSA) is 39.7 Å². The van der Waals surface area contributed by atoms with Gasteiger partial charge in [-0.05, 0) is 37.1 Å². The molecule has 4 nitrogen and oxygen atoms in total. The van der Waals surface area contributed by atoms with Crippen LogP contribution in [-0.2, 0) is 11.3 Å². The fourth-order valence-corrected chi connectivity index (χ4v) is 2.43. The van der Waals surface area contributed by atoms with Crippen molar-refractivity contribution in [3.8, 4) is 11.5 Å². The Hall–Kier alpha value is -0.970. The van der Waals surface area contributed by atoms with Crippen molar-refractivity contribution in [2.45, 2.75) is 32.7 Å². The molecular formula is C16H24ClNO3. The summed E-state index contributed by atoms with van der Waals surface area (Å²) in [4.78, 5) is 0. The Morgan fingerprint density at radius 2 is 2.00 bits per heavy atom. The van der Waals surface area contributed by atoms with Gasteiger partial charge in [-0.2, -0.15) is 0 Å². The van der Waals surface area contributed by atoms with Crippen molar-refractivity contribution in [1.82, 2.24) is 5.32 Å². The average Bonchev–Trinajstić information content (AvgIpc) is 2.50. The van der Waals surface area contributed by atoms with Gasteiger partial charge < -0.3 is 19.5 Å². The summed E-state index contributed by atoms with van der Waals surface area (Å²) in [5.41, 5.74) is 1.11. The minimum Gasteiger partial charge on any atom is -0.486 e. The summed E-state index contributed by atoms with van der Waals surface area (Å²) in [5.74, 6) is 1.41. The third-order valence-electron chi connectivity index (χ3n) is 3.27. The van der Waals surface area contributed by atoms with Gasteiger partial charge in [-0.25, -0.2) is 0 Å². The molecule has 21 heavy (non-hydrogen) atoms. The fourth-order valence-electron chi connectivity index (χ4n) is 2.15.